The van der Waals surface area contributed by atoms with Gasteiger partial charge in [-0.05, 0) is 36.0 Å². The Kier molecular flexibility index (Phi) is 3.94. The van der Waals surface area contributed by atoms with E-state index in [1.807, 2.05) is 6.07 Å². The third-order valence-electron chi connectivity index (χ3n) is 3.03. The molecule has 1 aliphatic carbocycles. The molecule has 17 heavy (non-hydrogen) atoms. The van der Waals surface area contributed by atoms with Gasteiger partial charge in [0.05, 0.1) is 6.42 Å². The summed E-state index contributed by atoms with van der Waals surface area (Å²) in [5.41, 5.74) is 3.84. The molecule has 4 heteroatoms. The summed E-state index contributed by atoms with van der Waals surface area (Å²) in [6, 6.07) is 6.26. The van der Waals surface area contributed by atoms with Crippen molar-refractivity contribution in [2.75, 3.05) is 5.75 Å². The van der Waals surface area contributed by atoms with Gasteiger partial charge in [0, 0.05) is 22.3 Å². The van der Waals surface area contributed by atoms with Crippen LogP contribution in [0.1, 0.15) is 29.5 Å². The number of hydrogen-bond donors (Lipinski definition) is 1. The molecule has 1 aliphatic rings. The van der Waals surface area contributed by atoms with Crippen molar-refractivity contribution in [3.63, 3.8) is 0 Å². The van der Waals surface area contributed by atoms with Gasteiger partial charge in [0.15, 0.2) is 0 Å². The lowest BCUT2D eigenvalue weighted by Gasteiger charge is -2.04. The molecule has 1 unspecified atom stereocenters. The lowest BCUT2D eigenvalue weighted by molar-refractivity contribution is -0.136. The Morgan fingerprint density at radius 1 is 1.29 bits per heavy atom. The maximum absolute atomic E-state index is 11.7. The van der Waals surface area contributed by atoms with Crippen LogP contribution in [0.3, 0.4) is 0 Å². The summed E-state index contributed by atoms with van der Waals surface area (Å²) in [6.07, 6.45) is 3.46. The molecule has 0 aromatic heterocycles. The number of carboxylic acids is 1. The van der Waals surface area contributed by atoms with E-state index < -0.39 is 16.8 Å². The first kappa shape index (κ1) is 12.3. The van der Waals surface area contributed by atoms with E-state index in [1.165, 1.54) is 17.5 Å². The fraction of sp³-hybridized carbons (Fsp3) is 0.462. The summed E-state index contributed by atoms with van der Waals surface area (Å²) in [6.45, 7) is 0. The van der Waals surface area contributed by atoms with Crippen molar-refractivity contribution in [2.24, 2.45) is 0 Å². The Labute approximate surface area is 103 Å². The largest absolute Gasteiger partial charge is 0.481 e. The second-order valence-electron chi connectivity index (χ2n) is 4.39. The molecule has 0 saturated carbocycles. The van der Waals surface area contributed by atoms with Crippen LogP contribution in [0.25, 0.3) is 0 Å². The molecular weight excluding hydrogens is 236 g/mol. The minimum atomic E-state index is -1.07. The third kappa shape index (κ3) is 3.40. The van der Waals surface area contributed by atoms with Crippen LogP contribution in [0.4, 0.5) is 0 Å². The molecule has 92 valence electrons. The quantitative estimate of drug-likeness (QED) is 0.870. The lowest BCUT2D eigenvalue weighted by atomic mass is 10.1. The van der Waals surface area contributed by atoms with Crippen LogP contribution in [0, 0.1) is 0 Å². The van der Waals surface area contributed by atoms with E-state index >= 15 is 0 Å². The first-order valence-corrected chi connectivity index (χ1v) is 7.31. The summed E-state index contributed by atoms with van der Waals surface area (Å²) < 4.78 is 11.7. The van der Waals surface area contributed by atoms with Crippen molar-refractivity contribution in [1.29, 1.82) is 0 Å². The smallest absolute Gasteiger partial charge is 0.304 e. The van der Waals surface area contributed by atoms with Crippen LogP contribution in [0.15, 0.2) is 18.2 Å². The molecule has 0 amide bonds. The first-order valence-electron chi connectivity index (χ1n) is 5.82. The summed E-state index contributed by atoms with van der Waals surface area (Å²) in [5.74, 6) is -0.167. The van der Waals surface area contributed by atoms with Gasteiger partial charge in [0.25, 0.3) is 0 Å². The van der Waals surface area contributed by atoms with Crippen LogP contribution >= 0.6 is 0 Å². The van der Waals surface area contributed by atoms with E-state index in [0.717, 1.165) is 18.4 Å². The zero-order valence-electron chi connectivity index (χ0n) is 9.65. The SMILES string of the molecule is O=C(O)CCS(=O)Cc1ccc2c(c1)CCC2. The second kappa shape index (κ2) is 5.45. The fourth-order valence-corrected chi connectivity index (χ4v) is 3.27. The van der Waals surface area contributed by atoms with Crippen LogP contribution in [-0.4, -0.2) is 21.0 Å². The van der Waals surface area contributed by atoms with Crippen molar-refractivity contribution in [3.05, 3.63) is 34.9 Å². The van der Waals surface area contributed by atoms with Gasteiger partial charge in [0.1, 0.15) is 0 Å². The highest BCUT2D eigenvalue weighted by Gasteiger charge is 2.12. The zero-order valence-corrected chi connectivity index (χ0v) is 10.5. The van der Waals surface area contributed by atoms with Gasteiger partial charge in [-0.15, -0.1) is 0 Å². The van der Waals surface area contributed by atoms with Crippen molar-refractivity contribution in [2.45, 2.75) is 31.4 Å². The summed E-state index contributed by atoms with van der Waals surface area (Å²) in [5, 5.41) is 8.52. The van der Waals surface area contributed by atoms with E-state index in [9.17, 15) is 9.00 Å². The highest BCUT2D eigenvalue weighted by atomic mass is 32.2. The topological polar surface area (TPSA) is 54.4 Å². The van der Waals surface area contributed by atoms with Gasteiger partial charge in [-0.3, -0.25) is 9.00 Å². The van der Waals surface area contributed by atoms with Crippen LogP contribution in [0.5, 0.6) is 0 Å². The molecule has 0 heterocycles. The molecular formula is C13H16O3S. The Hall–Kier alpha value is -1.16. The Morgan fingerprint density at radius 3 is 2.82 bits per heavy atom. The van der Waals surface area contributed by atoms with Gasteiger partial charge in [-0.1, -0.05) is 18.2 Å². The third-order valence-corrected chi connectivity index (χ3v) is 4.35. The predicted octanol–water partition coefficient (Wildman–Crippen LogP) is 1.90. The standard InChI is InChI=1S/C13H16O3S/c14-13(15)6-7-17(16)9-10-4-5-11-2-1-3-12(11)8-10/h4-5,8H,1-3,6-7,9H2,(H,14,15). The zero-order chi connectivity index (χ0) is 12.3. The molecule has 1 atom stereocenters. The monoisotopic (exact) mass is 252 g/mol. The van der Waals surface area contributed by atoms with Crippen molar-refractivity contribution < 1.29 is 14.1 Å². The van der Waals surface area contributed by atoms with E-state index in [2.05, 4.69) is 12.1 Å². The van der Waals surface area contributed by atoms with E-state index in [0.29, 0.717) is 5.75 Å². The molecule has 2 rings (SSSR count). The summed E-state index contributed by atoms with van der Waals surface area (Å²) in [7, 11) is -1.07. The minimum absolute atomic E-state index is 0.0163. The average molecular weight is 252 g/mol. The molecule has 1 aromatic carbocycles. The number of carbonyl (C=O) groups is 1. The van der Waals surface area contributed by atoms with Crippen LogP contribution < -0.4 is 0 Å². The molecule has 3 nitrogen and oxygen atoms in total. The van der Waals surface area contributed by atoms with Gasteiger partial charge in [0.2, 0.25) is 0 Å². The summed E-state index contributed by atoms with van der Waals surface area (Å²) >= 11 is 0. The number of carboxylic acid groups (broad SMARTS) is 1. The fourth-order valence-electron chi connectivity index (χ4n) is 2.17. The molecule has 0 aliphatic heterocycles. The van der Waals surface area contributed by atoms with Crippen molar-refractivity contribution >= 4 is 16.8 Å². The maximum Gasteiger partial charge on any atom is 0.304 e. The lowest BCUT2D eigenvalue weighted by Crippen LogP contribution is -2.06. The van der Waals surface area contributed by atoms with Gasteiger partial charge >= 0.3 is 5.97 Å². The number of hydrogen-bond acceptors (Lipinski definition) is 2. The van der Waals surface area contributed by atoms with E-state index in [4.69, 9.17) is 5.11 Å². The summed E-state index contributed by atoms with van der Waals surface area (Å²) in [4.78, 5) is 10.4. The molecule has 0 bridgehead atoms. The second-order valence-corrected chi connectivity index (χ2v) is 5.97. The molecule has 0 spiro atoms. The maximum atomic E-state index is 11.7. The van der Waals surface area contributed by atoms with Gasteiger partial charge in [-0.2, -0.15) is 0 Å². The van der Waals surface area contributed by atoms with Crippen LogP contribution in [0.2, 0.25) is 0 Å². The molecule has 1 N–H and O–H groups in total. The molecule has 0 fully saturated rings. The van der Waals surface area contributed by atoms with Gasteiger partial charge in [-0.25, -0.2) is 0 Å². The number of fused-ring (bicyclic) bond motifs is 1. The van der Waals surface area contributed by atoms with E-state index in [1.54, 1.807) is 0 Å². The number of benzene rings is 1. The molecule has 0 saturated heterocycles. The number of aryl methyl sites for hydroxylation is 2. The molecule has 0 radical (unpaired) electrons. The average Bonchev–Trinajstić information content (AvgIpc) is 2.73. The predicted molar refractivity (Wildman–Crippen MR) is 67.4 cm³/mol. The highest BCUT2D eigenvalue weighted by molar-refractivity contribution is 7.84. The van der Waals surface area contributed by atoms with Crippen LogP contribution in [-0.2, 0) is 34.2 Å². The van der Waals surface area contributed by atoms with Crippen molar-refractivity contribution in [3.8, 4) is 0 Å². The Bertz CT molecular complexity index is 454. The highest BCUT2D eigenvalue weighted by Crippen LogP contribution is 2.23. The minimum Gasteiger partial charge on any atom is -0.481 e. The number of rotatable bonds is 5. The van der Waals surface area contributed by atoms with E-state index in [-0.39, 0.29) is 12.2 Å². The van der Waals surface area contributed by atoms with Gasteiger partial charge < -0.3 is 5.11 Å². The number of aliphatic carboxylic acids is 1. The first-order chi connectivity index (χ1) is 8.15. The van der Waals surface area contributed by atoms with Crippen molar-refractivity contribution in [1.82, 2.24) is 0 Å². The Morgan fingerprint density at radius 2 is 2.06 bits per heavy atom. The normalized spacial score (nSPS) is 15.5. The molecule has 1 aromatic rings. The Balaban J connectivity index is 1.95.